The van der Waals surface area contributed by atoms with Crippen LogP contribution in [0.15, 0.2) is 54.6 Å². The molecule has 0 saturated heterocycles. The van der Waals surface area contributed by atoms with Gasteiger partial charge in [-0.05, 0) is 75.1 Å². The number of carbonyl (C=O) groups excluding carboxylic acids is 1. The van der Waals surface area contributed by atoms with E-state index in [0.29, 0.717) is 6.04 Å². The number of amides is 2. The number of hydrogen-bond acceptors (Lipinski definition) is 3. The van der Waals surface area contributed by atoms with E-state index in [1.165, 1.54) is 11.1 Å². The van der Waals surface area contributed by atoms with Gasteiger partial charge in [-0.25, -0.2) is 9.78 Å². The summed E-state index contributed by atoms with van der Waals surface area (Å²) in [6.45, 7) is 5.86. The van der Waals surface area contributed by atoms with E-state index in [-0.39, 0.29) is 11.6 Å². The Hall–Kier alpha value is -3.08. The predicted molar refractivity (Wildman–Crippen MR) is 115 cm³/mol. The molecule has 2 amide bonds. The monoisotopic (exact) mass is 374 g/mol. The van der Waals surface area contributed by atoms with Gasteiger partial charge >= 0.3 is 6.03 Å². The van der Waals surface area contributed by atoms with Gasteiger partial charge in [0.25, 0.3) is 0 Å². The number of nitrogens with one attached hydrogen (secondary N) is 3. The van der Waals surface area contributed by atoms with E-state index in [9.17, 15) is 4.79 Å². The maximum atomic E-state index is 12.1. The average molecular weight is 374 g/mol. The summed E-state index contributed by atoms with van der Waals surface area (Å²) in [5.74, 6) is 0.875. The van der Waals surface area contributed by atoms with Gasteiger partial charge in [0.1, 0.15) is 5.82 Å². The molecule has 1 aliphatic rings. The van der Waals surface area contributed by atoms with Gasteiger partial charge in [-0.15, -0.1) is 0 Å². The highest BCUT2D eigenvalue weighted by molar-refractivity contribution is 5.93. The zero-order valence-electron chi connectivity index (χ0n) is 16.5. The topological polar surface area (TPSA) is 66.0 Å². The molecule has 0 radical (unpaired) electrons. The van der Waals surface area contributed by atoms with E-state index >= 15 is 0 Å². The number of rotatable bonds is 3. The minimum absolute atomic E-state index is 0.210. The van der Waals surface area contributed by atoms with Gasteiger partial charge in [0.05, 0.1) is 11.6 Å². The number of pyridine rings is 1. The Morgan fingerprint density at radius 2 is 1.89 bits per heavy atom. The van der Waals surface area contributed by atoms with E-state index in [1.807, 2.05) is 51.1 Å². The van der Waals surface area contributed by atoms with E-state index in [2.05, 4.69) is 40.2 Å². The molecule has 2 aromatic carbocycles. The Labute approximate surface area is 165 Å². The van der Waals surface area contributed by atoms with Gasteiger partial charge in [0.15, 0.2) is 0 Å². The highest BCUT2D eigenvalue weighted by atomic mass is 16.2. The number of urea groups is 1. The predicted octanol–water partition coefficient (Wildman–Crippen LogP) is 5.25. The number of hydrogen-bond donors (Lipinski definition) is 3. The van der Waals surface area contributed by atoms with E-state index < -0.39 is 0 Å². The SMILES string of the molecule is CC(C)(C)NC(=O)Nc1ccc2nc(N[C@@H]3CCc4ccccc43)ccc2c1. The molecule has 0 bridgehead atoms. The second kappa shape index (κ2) is 7.15. The third-order valence-electron chi connectivity index (χ3n) is 4.89. The number of aromatic nitrogens is 1. The van der Waals surface area contributed by atoms with Crippen LogP contribution in [-0.4, -0.2) is 16.6 Å². The van der Waals surface area contributed by atoms with Gasteiger partial charge < -0.3 is 16.0 Å². The molecule has 0 spiro atoms. The highest BCUT2D eigenvalue weighted by Crippen LogP contribution is 2.33. The van der Waals surface area contributed by atoms with E-state index in [0.717, 1.165) is 35.2 Å². The standard InChI is InChI=1S/C23H26N4O/c1-23(2,3)27-22(28)24-17-10-12-19-16(14-17)9-13-21(25-19)26-20-11-8-15-6-4-5-7-18(15)20/h4-7,9-10,12-14,20H,8,11H2,1-3H3,(H,25,26)(H2,24,27,28)/t20-/m1/s1. The summed E-state index contributed by atoms with van der Waals surface area (Å²) in [7, 11) is 0. The smallest absolute Gasteiger partial charge is 0.319 e. The van der Waals surface area contributed by atoms with Crippen LogP contribution in [0.1, 0.15) is 44.4 Å². The molecule has 5 heteroatoms. The molecule has 144 valence electrons. The number of carbonyl (C=O) groups is 1. The lowest BCUT2D eigenvalue weighted by atomic mass is 10.1. The molecule has 1 aliphatic carbocycles. The maximum Gasteiger partial charge on any atom is 0.319 e. The van der Waals surface area contributed by atoms with Crippen LogP contribution in [0.5, 0.6) is 0 Å². The van der Waals surface area contributed by atoms with Crippen molar-refractivity contribution in [2.24, 2.45) is 0 Å². The Morgan fingerprint density at radius 3 is 2.71 bits per heavy atom. The van der Waals surface area contributed by atoms with Crippen molar-refractivity contribution in [3.63, 3.8) is 0 Å². The molecule has 1 atom stereocenters. The van der Waals surface area contributed by atoms with Gasteiger partial charge in [0, 0.05) is 16.6 Å². The largest absolute Gasteiger partial charge is 0.363 e. The molecular weight excluding hydrogens is 348 g/mol. The normalized spacial score (nSPS) is 15.9. The van der Waals surface area contributed by atoms with Crippen molar-refractivity contribution in [2.45, 2.75) is 45.2 Å². The molecule has 28 heavy (non-hydrogen) atoms. The summed E-state index contributed by atoms with van der Waals surface area (Å²) in [6.07, 6.45) is 2.19. The molecule has 0 fully saturated rings. The van der Waals surface area contributed by atoms with Crippen LogP contribution < -0.4 is 16.0 Å². The van der Waals surface area contributed by atoms with Gasteiger partial charge in [-0.3, -0.25) is 0 Å². The quantitative estimate of drug-likeness (QED) is 0.586. The molecule has 3 aromatic rings. The Morgan fingerprint density at radius 1 is 1.07 bits per heavy atom. The van der Waals surface area contributed by atoms with Crippen LogP contribution in [0.4, 0.5) is 16.3 Å². The number of fused-ring (bicyclic) bond motifs is 2. The molecule has 3 N–H and O–H groups in total. The average Bonchev–Trinajstić information content (AvgIpc) is 3.03. The van der Waals surface area contributed by atoms with Crippen molar-refractivity contribution in [3.05, 3.63) is 65.7 Å². The summed E-state index contributed by atoms with van der Waals surface area (Å²) < 4.78 is 0. The highest BCUT2D eigenvalue weighted by Gasteiger charge is 2.22. The first kappa shape index (κ1) is 18.3. The molecular formula is C23H26N4O. The summed E-state index contributed by atoms with van der Waals surface area (Å²) >= 11 is 0. The van der Waals surface area contributed by atoms with Crippen molar-refractivity contribution in [1.29, 1.82) is 0 Å². The molecule has 0 saturated carbocycles. The van der Waals surface area contributed by atoms with Crippen LogP contribution in [-0.2, 0) is 6.42 Å². The first-order chi connectivity index (χ1) is 13.4. The fourth-order valence-corrected chi connectivity index (χ4v) is 3.67. The first-order valence-electron chi connectivity index (χ1n) is 9.72. The second-order valence-corrected chi connectivity index (χ2v) is 8.37. The van der Waals surface area contributed by atoms with Crippen LogP contribution >= 0.6 is 0 Å². The number of anilines is 2. The third-order valence-corrected chi connectivity index (χ3v) is 4.89. The number of benzene rings is 2. The Kier molecular flexibility index (Phi) is 4.67. The van der Waals surface area contributed by atoms with Crippen LogP contribution in [0.25, 0.3) is 10.9 Å². The van der Waals surface area contributed by atoms with Gasteiger partial charge in [-0.2, -0.15) is 0 Å². The summed E-state index contributed by atoms with van der Waals surface area (Å²) in [5, 5.41) is 10.3. The lowest BCUT2D eigenvalue weighted by Crippen LogP contribution is -2.43. The summed E-state index contributed by atoms with van der Waals surface area (Å²) in [4.78, 5) is 16.8. The fraction of sp³-hybridized carbons (Fsp3) is 0.304. The minimum Gasteiger partial charge on any atom is -0.363 e. The molecule has 0 aliphatic heterocycles. The zero-order chi connectivity index (χ0) is 19.7. The van der Waals surface area contributed by atoms with Crippen molar-refractivity contribution < 1.29 is 4.79 Å². The first-order valence-corrected chi connectivity index (χ1v) is 9.72. The minimum atomic E-state index is -0.276. The van der Waals surface area contributed by atoms with E-state index in [1.54, 1.807) is 0 Å². The summed E-state index contributed by atoms with van der Waals surface area (Å²) in [6, 6.07) is 18.5. The number of aryl methyl sites for hydroxylation is 1. The third kappa shape index (κ3) is 4.09. The Bertz CT molecular complexity index is 1020. The zero-order valence-corrected chi connectivity index (χ0v) is 16.5. The number of nitrogens with zero attached hydrogens (tertiary/aromatic N) is 1. The van der Waals surface area contributed by atoms with Crippen LogP contribution in [0, 0.1) is 0 Å². The molecule has 4 rings (SSSR count). The van der Waals surface area contributed by atoms with Crippen LogP contribution in [0.3, 0.4) is 0 Å². The van der Waals surface area contributed by atoms with Crippen LogP contribution in [0.2, 0.25) is 0 Å². The van der Waals surface area contributed by atoms with Gasteiger partial charge in [-0.1, -0.05) is 24.3 Å². The van der Waals surface area contributed by atoms with Crippen molar-refractivity contribution in [1.82, 2.24) is 10.3 Å². The maximum absolute atomic E-state index is 12.1. The van der Waals surface area contributed by atoms with Crippen molar-refractivity contribution in [2.75, 3.05) is 10.6 Å². The molecule has 5 nitrogen and oxygen atoms in total. The van der Waals surface area contributed by atoms with Gasteiger partial charge in [0.2, 0.25) is 0 Å². The lowest BCUT2D eigenvalue weighted by Gasteiger charge is -2.20. The molecule has 0 unspecified atom stereocenters. The fourth-order valence-electron chi connectivity index (χ4n) is 3.67. The molecule has 1 heterocycles. The molecule has 1 aromatic heterocycles. The van der Waals surface area contributed by atoms with E-state index in [4.69, 9.17) is 4.98 Å². The lowest BCUT2D eigenvalue weighted by molar-refractivity contribution is 0.244. The summed E-state index contributed by atoms with van der Waals surface area (Å²) in [5.41, 5.74) is 4.17. The Balaban J connectivity index is 1.49. The van der Waals surface area contributed by atoms with Crippen molar-refractivity contribution in [3.8, 4) is 0 Å². The van der Waals surface area contributed by atoms with Crippen molar-refractivity contribution >= 4 is 28.4 Å². The second-order valence-electron chi connectivity index (χ2n) is 8.37.